The molecule has 0 saturated carbocycles. The van der Waals surface area contributed by atoms with E-state index in [-0.39, 0.29) is 17.1 Å². The number of nitrogens with zero attached hydrogens (tertiary/aromatic N) is 2. The fraction of sp³-hybridized carbons (Fsp3) is 0.429. The summed E-state index contributed by atoms with van der Waals surface area (Å²) >= 11 is 7.29. The van der Waals surface area contributed by atoms with E-state index in [9.17, 15) is 9.18 Å². The van der Waals surface area contributed by atoms with Crippen LogP contribution in [-0.2, 0) is 0 Å². The van der Waals surface area contributed by atoms with Gasteiger partial charge in [0.15, 0.2) is 5.17 Å². The van der Waals surface area contributed by atoms with Crippen LogP contribution in [0.15, 0.2) is 23.2 Å². The molecule has 0 radical (unpaired) electrons. The van der Waals surface area contributed by atoms with Crippen LogP contribution in [0.4, 0.5) is 14.9 Å². The standard InChI is InChI=1S/C14H17ClFN3OS/c1-8(2)19(14-17-7-9(3)21-14)13(20)18-10-4-5-12(16)11(15)6-10/h4-6,8-9H,7H2,1-3H3,(H,18,20). The van der Waals surface area contributed by atoms with Crippen LogP contribution in [0.2, 0.25) is 5.02 Å². The number of hydrogen-bond acceptors (Lipinski definition) is 3. The number of anilines is 1. The van der Waals surface area contributed by atoms with E-state index in [4.69, 9.17) is 11.6 Å². The van der Waals surface area contributed by atoms with Gasteiger partial charge in [-0.05, 0) is 32.0 Å². The largest absolute Gasteiger partial charge is 0.328 e. The highest BCUT2D eigenvalue weighted by Gasteiger charge is 2.28. The molecule has 0 bridgehead atoms. The summed E-state index contributed by atoms with van der Waals surface area (Å²) in [5.74, 6) is -0.514. The van der Waals surface area contributed by atoms with Crippen molar-refractivity contribution in [2.24, 2.45) is 4.99 Å². The lowest BCUT2D eigenvalue weighted by Gasteiger charge is -2.26. The molecule has 114 valence electrons. The highest BCUT2D eigenvalue weighted by atomic mass is 35.5. The lowest BCUT2D eigenvalue weighted by Crippen LogP contribution is -2.42. The number of thioether (sulfide) groups is 1. The average molecular weight is 330 g/mol. The molecule has 1 aliphatic rings. The van der Waals surface area contributed by atoms with Crippen molar-refractivity contribution in [2.45, 2.75) is 32.1 Å². The molecule has 0 aromatic heterocycles. The molecular formula is C14H17ClFN3OS. The highest BCUT2D eigenvalue weighted by molar-refractivity contribution is 8.14. The lowest BCUT2D eigenvalue weighted by molar-refractivity contribution is 0.227. The first-order valence-corrected chi connectivity index (χ1v) is 7.90. The summed E-state index contributed by atoms with van der Waals surface area (Å²) in [5.41, 5.74) is 0.452. The second kappa shape index (κ2) is 6.66. The SMILES string of the molecule is CC1CN=C(N(C(=O)Nc2ccc(F)c(Cl)c2)C(C)C)S1. The first-order valence-electron chi connectivity index (χ1n) is 6.65. The van der Waals surface area contributed by atoms with Crippen LogP contribution in [0.3, 0.4) is 0 Å². The fourth-order valence-corrected chi connectivity index (χ4v) is 3.14. The van der Waals surface area contributed by atoms with Gasteiger partial charge in [-0.1, -0.05) is 30.3 Å². The summed E-state index contributed by atoms with van der Waals surface area (Å²) in [5, 5.41) is 3.78. The van der Waals surface area contributed by atoms with Gasteiger partial charge in [0, 0.05) is 17.0 Å². The Labute approximate surface area is 132 Å². The summed E-state index contributed by atoms with van der Waals surface area (Å²) < 4.78 is 13.1. The number of carbonyl (C=O) groups is 1. The van der Waals surface area contributed by atoms with E-state index in [0.29, 0.717) is 22.6 Å². The predicted octanol–water partition coefficient (Wildman–Crippen LogP) is 4.21. The highest BCUT2D eigenvalue weighted by Crippen LogP contribution is 2.25. The number of carbonyl (C=O) groups excluding carboxylic acids is 1. The molecule has 21 heavy (non-hydrogen) atoms. The van der Waals surface area contributed by atoms with Gasteiger partial charge in [-0.15, -0.1) is 0 Å². The van der Waals surface area contributed by atoms with Crippen molar-refractivity contribution < 1.29 is 9.18 Å². The van der Waals surface area contributed by atoms with Gasteiger partial charge in [0.2, 0.25) is 0 Å². The second-order valence-corrected chi connectivity index (χ2v) is 6.89. The Morgan fingerprint density at radius 2 is 2.29 bits per heavy atom. The number of nitrogens with one attached hydrogen (secondary N) is 1. The van der Waals surface area contributed by atoms with E-state index in [1.165, 1.54) is 18.2 Å². The number of amides is 2. The molecule has 4 nitrogen and oxygen atoms in total. The molecule has 1 aromatic carbocycles. The maximum atomic E-state index is 13.1. The number of aliphatic imine (C=N–C) groups is 1. The molecule has 2 amide bonds. The molecule has 7 heteroatoms. The Morgan fingerprint density at radius 1 is 1.57 bits per heavy atom. The smallest absolute Gasteiger partial charge is 0.307 e. The quantitative estimate of drug-likeness (QED) is 0.883. The third-order valence-electron chi connectivity index (χ3n) is 2.90. The van der Waals surface area contributed by atoms with Crippen molar-refractivity contribution in [3.8, 4) is 0 Å². The Hall–Kier alpha value is -1.27. The van der Waals surface area contributed by atoms with Gasteiger partial charge in [0.05, 0.1) is 11.6 Å². The van der Waals surface area contributed by atoms with Crippen molar-refractivity contribution in [3.05, 3.63) is 29.0 Å². The summed E-state index contributed by atoms with van der Waals surface area (Å²) in [6.07, 6.45) is 0. The molecule has 1 atom stereocenters. The number of halogens is 2. The number of rotatable bonds is 2. The van der Waals surface area contributed by atoms with Crippen LogP contribution in [0.1, 0.15) is 20.8 Å². The predicted molar refractivity (Wildman–Crippen MR) is 86.8 cm³/mol. The van der Waals surface area contributed by atoms with Crippen molar-refractivity contribution >= 4 is 40.2 Å². The van der Waals surface area contributed by atoms with Crippen LogP contribution in [-0.4, -0.2) is 33.9 Å². The Morgan fingerprint density at radius 3 is 2.81 bits per heavy atom. The molecule has 0 aliphatic carbocycles. The molecule has 1 aromatic rings. The second-order valence-electron chi connectivity index (χ2n) is 5.07. The topological polar surface area (TPSA) is 44.7 Å². The maximum absolute atomic E-state index is 13.1. The molecule has 0 saturated heterocycles. The van der Waals surface area contributed by atoms with E-state index in [0.717, 1.165) is 0 Å². The first kappa shape index (κ1) is 16.1. The minimum atomic E-state index is -0.514. The minimum absolute atomic E-state index is 0.0231. The Bertz CT molecular complexity index is 579. The fourth-order valence-electron chi connectivity index (χ4n) is 1.89. The van der Waals surface area contributed by atoms with Crippen LogP contribution in [0.5, 0.6) is 0 Å². The van der Waals surface area contributed by atoms with E-state index < -0.39 is 5.82 Å². The maximum Gasteiger partial charge on any atom is 0.328 e. The first-order chi connectivity index (χ1) is 9.88. The zero-order valence-electron chi connectivity index (χ0n) is 12.1. The number of hydrogen-bond donors (Lipinski definition) is 1. The molecular weight excluding hydrogens is 313 g/mol. The van der Waals surface area contributed by atoms with E-state index in [1.807, 2.05) is 13.8 Å². The third kappa shape index (κ3) is 3.89. The summed E-state index contributed by atoms with van der Waals surface area (Å²) in [6.45, 7) is 6.61. The van der Waals surface area contributed by atoms with Crippen LogP contribution in [0, 0.1) is 5.82 Å². The van der Waals surface area contributed by atoms with Crippen molar-refractivity contribution in [3.63, 3.8) is 0 Å². The average Bonchev–Trinajstić information content (AvgIpc) is 2.80. The summed E-state index contributed by atoms with van der Waals surface area (Å²) in [4.78, 5) is 18.4. The Balaban J connectivity index is 2.14. The van der Waals surface area contributed by atoms with Crippen LogP contribution in [0.25, 0.3) is 0 Å². The number of amidine groups is 1. The normalized spacial score (nSPS) is 17.8. The zero-order chi connectivity index (χ0) is 15.6. The van der Waals surface area contributed by atoms with Gasteiger partial charge in [-0.25, -0.2) is 9.18 Å². The van der Waals surface area contributed by atoms with Gasteiger partial charge >= 0.3 is 6.03 Å². The van der Waals surface area contributed by atoms with Crippen LogP contribution >= 0.6 is 23.4 Å². The van der Waals surface area contributed by atoms with Gasteiger partial charge in [-0.3, -0.25) is 9.89 Å². The van der Waals surface area contributed by atoms with E-state index >= 15 is 0 Å². The number of urea groups is 1. The van der Waals surface area contributed by atoms with E-state index in [2.05, 4.69) is 17.2 Å². The molecule has 1 heterocycles. The Kier molecular flexibility index (Phi) is 5.11. The van der Waals surface area contributed by atoms with Gasteiger partial charge < -0.3 is 5.32 Å². The van der Waals surface area contributed by atoms with E-state index in [1.54, 1.807) is 16.7 Å². The van der Waals surface area contributed by atoms with Crippen LogP contribution < -0.4 is 5.32 Å². The molecule has 1 aliphatic heterocycles. The molecule has 1 unspecified atom stereocenters. The third-order valence-corrected chi connectivity index (χ3v) is 4.28. The van der Waals surface area contributed by atoms with Crippen molar-refractivity contribution in [1.29, 1.82) is 0 Å². The van der Waals surface area contributed by atoms with Gasteiger partial charge in [0.25, 0.3) is 0 Å². The lowest BCUT2D eigenvalue weighted by atomic mass is 10.3. The molecule has 2 rings (SSSR count). The van der Waals surface area contributed by atoms with Gasteiger partial charge in [0.1, 0.15) is 5.82 Å². The minimum Gasteiger partial charge on any atom is -0.307 e. The van der Waals surface area contributed by atoms with Gasteiger partial charge in [-0.2, -0.15) is 0 Å². The molecule has 0 spiro atoms. The molecule has 0 fully saturated rings. The monoisotopic (exact) mass is 329 g/mol. The zero-order valence-corrected chi connectivity index (χ0v) is 13.6. The van der Waals surface area contributed by atoms with Crippen molar-refractivity contribution in [2.75, 3.05) is 11.9 Å². The molecule has 1 N–H and O–H groups in total. The number of benzene rings is 1. The summed E-state index contributed by atoms with van der Waals surface area (Å²) in [7, 11) is 0. The summed E-state index contributed by atoms with van der Waals surface area (Å²) in [6, 6.07) is 3.76. The van der Waals surface area contributed by atoms with Crippen molar-refractivity contribution in [1.82, 2.24) is 4.90 Å².